The first-order valence-corrected chi connectivity index (χ1v) is 9.32. The Morgan fingerprint density at radius 3 is 2.45 bits per heavy atom. The van der Waals surface area contributed by atoms with Gasteiger partial charge < -0.3 is 5.32 Å². The van der Waals surface area contributed by atoms with E-state index in [0.717, 1.165) is 16.3 Å². The van der Waals surface area contributed by atoms with Gasteiger partial charge in [-0.1, -0.05) is 17.7 Å². The van der Waals surface area contributed by atoms with Gasteiger partial charge in [-0.25, -0.2) is 8.42 Å². The standard InChI is InChI=1S/C15H13BrClNO3S/c1-9-3-6-14(12(16)7-9)18-15(19)11-8-10(22(2,20)21)4-5-13(11)17/h3-8H,1-2H3,(H,18,19). The van der Waals surface area contributed by atoms with Crippen LogP contribution >= 0.6 is 27.5 Å². The third-order valence-corrected chi connectivity index (χ3v) is 5.08. The topological polar surface area (TPSA) is 63.2 Å². The average Bonchev–Trinajstić information content (AvgIpc) is 2.41. The second kappa shape index (κ2) is 6.40. The van der Waals surface area contributed by atoms with Gasteiger partial charge >= 0.3 is 0 Å². The van der Waals surface area contributed by atoms with Crippen LogP contribution in [0.5, 0.6) is 0 Å². The molecule has 0 radical (unpaired) electrons. The molecule has 0 aliphatic rings. The number of nitrogens with one attached hydrogen (secondary N) is 1. The lowest BCUT2D eigenvalue weighted by Crippen LogP contribution is -2.14. The SMILES string of the molecule is Cc1ccc(NC(=O)c2cc(S(C)(=O)=O)ccc2Cl)c(Br)c1. The van der Waals surface area contributed by atoms with E-state index in [9.17, 15) is 13.2 Å². The fraction of sp³-hybridized carbons (Fsp3) is 0.133. The Labute approximate surface area is 142 Å². The molecule has 0 unspecified atom stereocenters. The van der Waals surface area contributed by atoms with Crippen LogP contribution in [-0.2, 0) is 9.84 Å². The number of carbonyl (C=O) groups excluding carboxylic acids is 1. The molecule has 116 valence electrons. The number of benzene rings is 2. The van der Waals surface area contributed by atoms with E-state index in [1.54, 1.807) is 6.07 Å². The van der Waals surface area contributed by atoms with Crippen molar-refractivity contribution in [2.45, 2.75) is 11.8 Å². The molecular weight excluding hydrogens is 390 g/mol. The number of sulfone groups is 1. The highest BCUT2D eigenvalue weighted by molar-refractivity contribution is 9.10. The smallest absolute Gasteiger partial charge is 0.257 e. The van der Waals surface area contributed by atoms with Crippen molar-refractivity contribution in [1.82, 2.24) is 0 Å². The fourth-order valence-electron chi connectivity index (χ4n) is 1.82. The molecule has 0 fully saturated rings. The van der Waals surface area contributed by atoms with Crippen LogP contribution < -0.4 is 5.32 Å². The maximum absolute atomic E-state index is 12.3. The molecule has 0 aliphatic heterocycles. The van der Waals surface area contributed by atoms with Gasteiger partial charge in [0.25, 0.3) is 5.91 Å². The molecule has 2 aromatic rings. The molecule has 1 amide bonds. The van der Waals surface area contributed by atoms with Gasteiger partial charge in [-0.3, -0.25) is 4.79 Å². The fourth-order valence-corrected chi connectivity index (χ4v) is 3.26. The first-order valence-electron chi connectivity index (χ1n) is 6.25. The summed E-state index contributed by atoms with van der Waals surface area (Å²) in [4.78, 5) is 12.4. The van der Waals surface area contributed by atoms with Gasteiger partial charge in [0.2, 0.25) is 0 Å². The lowest BCUT2D eigenvalue weighted by Gasteiger charge is -2.10. The van der Waals surface area contributed by atoms with Crippen LogP contribution in [0.1, 0.15) is 15.9 Å². The Balaban J connectivity index is 2.37. The molecular formula is C15H13BrClNO3S. The minimum Gasteiger partial charge on any atom is -0.321 e. The van der Waals surface area contributed by atoms with Crippen LogP contribution in [0.15, 0.2) is 45.8 Å². The Bertz CT molecular complexity index is 850. The number of aryl methyl sites for hydroxylation is 1. The van der Waals surface area contributed by atoms with E-state index in [0.29, 0.717) is 5.69 Å². The Morgan fingerprint density at radius 1 is 1.18 bits per heavy atom. The molecule has 0 heterocycles. The number of rotatable bonds is 3. The summed E-state index contributed by atoms with van der Waals surface area (Å²) in [7, 11) is -3.41. The number of halogens is 2. The van der Waals surface area contributed by atoms with E-state index in [-0.39, 0.29) is 15.5 Å². The van der Waals surface area contributed by atoms with E-state index in [2.05, 4.69) is 21.2 Å². The van der Waals surface area contributed by atoms with E-state index in [1.165, 1.54) is 18.2 Å². The Morgan fingerprint density at radius 2 is 1.86 bits per heavy atom. The van der Waals surface area contributed by atoms with Crippen LogP contribution in [0.4, 0.5) is 5.69 Å². The van der Waals surface area contributed by atoms with Gasteiger partial charge in [-0.15, -0.1) is 0 Å². The lowest BCUT2D eigenvalue weighted by atomic mass is 10.2. The minimum absolute atomic E-state index is 0.0463. The van der Waals surface area contributed by atoms with Crippen molar-refractivity contribution in [1.29, 1.82) is 0 Å². The summed E-state index contributed by atoms with van der Waals surface area (Å²) in [6.07, 6.45) is 1.08. The molecule has 2 rings (SSSR count). The third kappa shape index (κ3) is 3.88. The van der Waals surface area contributed by atoms with Crippen molar-refractivity contribution < 1.29 is 13.2 Å². The zero-order valence-electron chi connectivity index (χ0n) is 11.9. The van der Waals surface area contributed by atoms with Crippen molar-refractivity contribution >= 4 is 49.0 Å². The summed E-state index contributed by atoms with van der Waals surface area (Å²) >= 11 is 9.37. The van der Waals surface area contributed by atoms with Crippen molar-refractivity contribution in [3.05, 3.63) is 57.0 Å². The summed E-state index contributed by atoms with van der Waals surface area (Å²) in [5.41, 5.74) is 1.73. The van der Waals surface area contributed by atoms with Crippen molar-refractivity contribution in [3.63, 3.8) is 0 Å². The predicted molar refractivity (Wildman–Crippen MR) is 91.4 cm³/mol. The quantitative estimate of drug-likeness (QED) is 0.842. The predicted octanol–water partition coefficient (Wildman–Crippen LogP) is 4.07. The first-order chi connectivity index (χ1) is 10.2. The van der Waals surface area contributed by atoms with Crippen LogP contribution in [0.2, 0.25) is 5.02 Å². The number of anilines is 1. The molecule has 0 bridgehead atoms. The normalized spacial score (nSPS) is 11.3. The summed E-state index contributed by atoms with van der Waals surface area (Å²) in [5, 5.41) is 2.90. The maximum Gasteiger partial charge on any atom is 0.257 e. The summed E-state index contributed by atoms with van der Waals surface area (Å²) < 4.78 is 23.9. The molecule has 4 nitrogen and oxygen atoms in total. The van der Waals surface area contributed by atoms with Crippen LogP contribution in [0.25, 0.3) is 0 Å². The van der Waals surface area contributed by atoms with Crippen molar-refractivity contribution in [2.24, 2.45) is 0 Å². The summed E-state index contributed by atoms with van der Waals surface area (Å²) in [6, 6.07) is 9.52. The lowest BCUT2D eigenvalue weighted by molar-refractivity contribution is 0.102. The van der Waals surface area contributed by atoms with Gasteiger partial charge in [0, 0.05) is 10.7 Å². The van der Waals surface area contributed by atoms with E-state index in [1.807, 2.05) is 19.1 Å². The monoisotopic (exact) mass is 401 g/mol. The molecule has 0 saturated heterocycles. The van der Waals surface area contributed by atoms with Gasteiger partial charge in [0.15, 0.2) is 9.84 Å². The molecule has 0 atom stereocenters. The number of hydrogen-bond donors (Lipinski definition) is 1. The first kappa shape index (κ1) is 17.0. The van der Waals surface area contributed by atoms with E-state index >= 15 is 0 Å². The van der Waals surface area contributed by atoms with Crippen LogP contribution in [0, 0.1) is 6.92 Å². The van der Waals surface area contributed by atoms with Gasteiger partial charge in [-0.2, -0.15) is 0 Å². The number of carbonyl (C=O) groups is 1. The maximum atomic E-state index is 12.3. The zero-order chi connectivity index (χ0) is 16.5. The second-order valence-corrected chi connectivity index (χ2v) is 8.13. The molecule has 22 heavy (non-hydrogen) atoms. The Hall–Kier alpha value is -1.37. The highest BCUT2D eigenvalue weighted by atomic mass is 79.9. The number of hydrogen-bond acceptors (Lipinski definition) is 3. The highest BCUT2D eigenvalue weighted by Crippen LogP contribution is 2.26. The molecule has 0 saturated carbocycles. The molecule has 1 N–H and O–H groups in total. The van der Waals surface area contributed by atoms with Crippen molar-refractivity contribution in [2.75, 3.05) is 11.6 Å². The van der Waals surface area contributed by atoms with Crippen molar-refractivity contribution in [3.8, 4) is 0 Å². The van der Waals surface area contributed by atoms with Gasteiger partial charge in [0.05, 0.1) is 21.2 Å². The van der Waals surface area contributed by atoms with Crippen LogP contribution in [-0.4, -0.2) is 20.6 Å². The molecule has 0 spiro atoms. The molecule has 0 aromatic heterocycles. The second-order valence-electron chi connectivity index (χ2n) is 4.85. The zero-order valence-corrected chi connectivity index (χ0v) is 15.0. The molecule has 7 heteroatoms. The molecule has 2 aromatic carbocycles. The van der Waals surface area contributed by atoms with Crippen LogP contribution in [0.3, 0.4) is 0 Å². The van der Waals surface area contributed by atoms with Gasteiger partial charge in [0.1, 0.15) is 0 Å². The molecule has 0 aliphatic carbocycles. The number of amides is 1. The highest BCUT2D eigenvalue weighted by Gasteiger charge is 2.16. The summed E-state index contributed by atoms with van der Waals surface area (Å²) in [5.74, 6) is -0.472. The third-order valence-electron chi connectivity index (χ3n) is 2.98. The minimum atomic E-state index is -3.41. The average molecular weight is 403 g/mol. The largest absolute Gasteiger partial charge is 0.321 e. The van der Waals surface area contributed by atoms with E-state index < -0.39 is 15.7 Å². The summed E-state index contributed by atoms with van der Waals surface area (Å²) in [6.45, 7) is 1.93. The van der Waals surface area contributed by atoms with Gasteiger partial charge in [-0.05, 0) is 58.7 Å². The van der Waals surface area contributed by atoms with E-state index in [4.69, 9.17) is 11.6 Å². The Kier molecular flexibility index (Phi) is 4.94.